The fourth-order valence-corrected chi connectivity index (χ4v) is 4.13. The normalized spacial score (nSPS) is 16.9. The largest absolute Gasteiger partial charge is 0.489 e. The first kappa shape index (κ1) is 22.8. The zero-order valence-corrected chi connectivity index (χ0v) is 17.9. The predicted molar refractivity (Wildman–Crippen MR) is 117 cm³/mol. The summed E-state index contributed by atoms with van der Waals surface area (Å²) in [4.78, 5) is 27.8. The van der Waals surface area contributed by atoms with Crippen molar-refractivity contribution in [1.29, 1.82) is 0 Å². The molecule has 2 aromatic carbocycles. The van der Waals surface area contributed by atoms with Gasteiger partial charge in [0.1, 0.15) is 24.3 Å². The van der Waals surface area contributed by atoms with Gasteiger partial charge >= 0.3 is 11.9 Å². The molecule has 2 heterocycles. The van der Waals surface area contributed by atoms with Gasteiger partial charge in [0.2, 0.25) is 0 Å². The van der Waals surface area contributed by atoms with Crippen molar-refractivity contribution in [3.63, 3.8) is 0 Å². The number of fused-ring (bicyclic) bond motifs is 1. The molecule has 0 aliphatic carbocycles. The van der Waals surface area contributed by atoms with Crippen molar-refractivity contribution in [2.75, 3.05) is 26.2 Å². The Kier molecular flexibility index (Phi) is 6.62. The van der Waals surface area contributed by atoms with Gasteiger partial charge in [0, 0.05) is 36.7 Å². The number of rotatable bonds is 7. The lowest BCUT2D eigenvalue weighted by Gasteiger charge is -2.39. The monoisotopic (exact) mass is 456 g/mol. The van der Waals surface area contributed by atoms with Crippen LogP contribution in [0.15, 0.2) is 54.7 Å². The van der Waals surface area contributed by atoms with E-state index in [9.17, 15) is 19.1 Å². The van der Waals surface area contributed by atoms with Gasteiger partial charge in [-0.25, -0.2) is 14.0 Å². The number of carbonyl (C=O) groups is 2. The number of aromatic amines is 1. The summed E-state index contributed by atoms with van der Waals surface area (Å²) in [7, 11) is 0. The van der Waals surface area contributed by atoms with E-state index in [4.69, 9.17) is 14.6 Å². The third kappa shape index (κ3) is 5.32. The van der Waals surface area contributed by atoms with Gasteiger partial charge in [0.05, 0.1) is 5.60 Å². The van der Waals surface area contributed by atoms with Crippen LogP contribution < -0.4 is 4.74 Å². The molecule has 1 aliphatic rings. The molecular formula is C24H25FN2O6. The highest BCUT2D eigenvalue weighted by molar-refractivity contribution is 6.28. The molecule has 1 aliphatic heterocycles. The number of hydrogen-bond acceptors (Lipinski definition) is 6. The number of hydrogen-bond donors (Lipinski definition) is 3. The van der Waals surface area contributed by atoms with Crippen molar-refractivity contribution in [1.82, 2.24) is 9.88 Å². The molecule has 1 fully saturated rings. The first-order valence-electron chi connectivity index (χ1n) is 10.7. The summed E-state index contributed by atoms with van der Waals surface area (Å²) in [6.45, 7) is 1.20. The molecule has 33 heavy (non-hydrogen) atoms. The van der Waals surface area contributed by atoms with Gasteiger partial charge in [-0.3, -0.25) is 4.90 Å². The van der Waals surface area contributed by atoms with E-state index in [0.717, 1.165) is 10.9 Å². The number of likely N-dealkylation sites (tertiary alicyclic amines) is 1. The number of nitrogens with zero attached hydrogens (tertiary/aromatic N) is 1. The summed E-state index contributed by atoms with van der Waals surface area (Å²) in [6, 6.07) is 13.2. The molecule has 0 bridgehead atoms. The molecule has 1 saturated heterocycles. The number of benzene rings is 2. The van der Waals surface area contributed by atoms with Crippen LogP contribution >= 0.6 is 0 Å². The number of carboxylic acid groups (broad SMARTS) is 1. The third-order valence-corrected chi connectivity index (χ3v) is 5.95. The number of halogens is 1. The molecule has 174 valence electrons. The van der Waals surface area contributed by atoms with Crippen LogP contribution in [0.5, 0.6) is 5.75 Å². The Hall–Kier alpha value is -3.43. The van der Waals surface area contributed by atoms with E-state index in [0.29, 0.717) is 37.2 Å². The van der Waals surface area contributed by atoms with E-state index in [2.05, 4.69) is 4.98 Å². The maximum atomic E-state index is 13.2. The molecule has 4 rings (SSSR count). The highest BCUT2D eigenvalue weighted by atomic mass is 19.1. The van der Waals surface area contributed by atoms with Crippen LogP contribution in [0.4, 0.5) is 4.39 Å². The van der Waals surface area contributed by atoms with Crippen LogP contribution in [0, 0.1) is 5.82 Å². The second-order valence-electron chi connectivity index (χ2n) is 8.18. The topological polar surface area (TPSA) is 112 Å². The standard InChI is InChI=1S/C24H25FN2O6/c25-17-6-4-16(5-7-17)24(31)9-12-27(13-10-24)14-18(33-23(30)22(28)29)15-32-21-3-1-2-20-19(21)8-11-26-20/h1-8,11,18,26,31H,9-10,12-15H2,(H,28,29)/t18-/m0/s1. The average molecular weight is 456 g/mol. The minimum absolute atomic E-state index is 0.0258. The van der Waals surface area contributed by atoms with Gasteiger partial charge in [-0.15, -0.1) is 0 Å². The number of aliphatic carboxylic acids is 1. The summed E-state index contributed by atoms with van der Waals surface area (Å²) in [6.07, 6.45) is 1.78. The summed E-state index contributed by atoms with van der Waals surface area (Å²) >= 11 is 0. The van der Waals surface area contributed by atoms with E-state index in [1.54, 1.807) is 24.4 Å². The molecule has 0 spiro atoms. The molecule has 9 heteroatoms. The molecular weight excluding hydrogens is 431 g/mol. The van der Waals surface area contributed by atoms with Gasteiger partial charge in [-0.05, 0) is 48.7 Å². The number of carbonyl (C=O) groups excluding carboxylic acids is 1. The second kappa shape index (κ2) is 9.60. The van der Waals surface area contributed by atoms with Crippen molar-refractivity contribution in [2.45, 2.75) is 24.5 Å². The van der Waals surface area contributed by atoms with Crippen LogP contribution in [0.1, 0.15) is 18.4 Å². The predicted octanol–water partition coefficient (Wildman–Crippen LogP) is 2.67. The van der Waals surface area contributed by atoms with Crippen LogP contribution in [0.3, 0.4) is 0 Å². The van der Waals surface area contributed by atoms with Crippen LogP contribution in [0.25, 0.3) is 10.9 Å². The quantitative estimate of drug-likeness (QED) is 0.370. The molecule has 0 radical (unpaired) electrons. The molecule has 3 N–H and O–H groups in total. The van der Waals surface area contributed by atoms with E-state index in [1.807, 2.05) is 23.1 Å². The highest BCUT2D eigenvalue weighted by Gasteiger charge is 2.35. The molecule has 8 nitrogen and oxygen atoms in total. The van der Waals surface area contributed by atoms with E-state index >= 15 is 0 Å². The number of nitrogens with one attached hydrogen (secondary N) is 1. The Morgan fingerprint density at radius 2 is 1.85 bits per heavy atom. The Morgan fingerprint density at radius 1 is 1.12 bits per heavy atom. The molecule has 0 unspecified atom stereocenters. The Balaban J connectivity index is 1.40. The average Bonchev–Trinajstić information content (AvgIpc) is 3.29. The lowest BCUT2D eigenvalue weighted by molar-refractivity contribution is -0.169. The van der Waals surface area contributed by atoms with Crippen LogP contribution in [-0.4, -0.2) is 64.4 Å². The molecule has 0 saturated carbocycles. The van der Waals surface area contributed by atoms with Gasteiger partial charge < -0.3 is 24.7 Å². The van der Waals surface area contributed by atoms with Gasteiger partial charge in [-0.1, -0.05) is 18.2 Å². The van der Waals surface area contributed by atoms with Crippen molar-refractivity contribution >= 4 is 22.8 Å². The maximum Gasteiger partial charge on any atom is 0.417 e. The van der Waals surface area contributed by atoms with Crippen molar-refractivity contribution < 1.29 is 33.7 Å². The Morgan fingerprint density at radius 3 is 2.55 bits per heavy atom. The third-order valence-electron chi connectivity index (χ3n) is 5.95. The fraction of sp³-hybridized carbons (Fsp3) is 0.333. The minimum Gasteiger partial charge on any atom is -0.489 e. The molecule has 3 aromatic rings. The van der Waals surface area contributed by atoms with Crippen molar-refractivity contribution in [2.24, 2.45) is 0 Å². The zero-order valence-electron chi connectivity index (χ0n) is 17.9. The smallest absolute Gasteiger partial charge is 0.417 e. The van der Waals surface area contributed by atoms with Gasteiger partial charge in [0.25, 0.3) is 0 Å². The number of H-pyrrole nitrogens is 1. The molecule has 1 atom stereocenters. The first-order chi connectivity index (χ1) is 15.8. The lowest BCUT2D eigenvalue weighted by atomic mass is 9.84. The molecule has 0 amide bonds. The number of piperidine rings is 1. The Bertz CT molecular complexity index is 1120. The summed E-state index contributed by atoms with van der Waals surface area (Å²) in [5, 5.41) is 20.8. The second-order valence-corrected chi connectivity index (χ2v) is 8.18. The fourth-order valence-electron chi connectivity index (χ4n) is 4.13. The summed E-state index contributed by atoms with van der Waals surface area (Å²) in [5.74, 6) is -2.78. The van der Waals surface area contributed by atoms with E-state index in [1.165, 1.54) is 12.1 Å². The summed E-state index contributed by atoms with van der Waals surface area (Å²) < 4.78 is 24.3. The highest BCUT2D eigenvalue weighted by Crippen LogP contribution is 2.33. The number of aliphatic hydroxyl groups is 1. The van der Waals surface area contributed by atoms with E-state index in [-0.39, 0.29) is 19.0 Å². The van der Waals surface area contributed by atoms with Gasteiger partial charge in [-0.2, -0.15) is 0 Å². The van der Waals surface area contributed by atoms with E-state index < -0.39 is 23.6 Å². The zero-order chi connectivity index (χ0) is 23.4. The van der Waals surface area contributed by atoms with Crippen LogP contribution in [-0.2, 0) is 19.9 Å². The van der Waals surface area contributed by atoms with Crippen molar-refractivity contribution in [3.05, 3.63) is 66.1 Å². The van der Waals surface area contributed by atoms with Gasteiger partial charge in [0.15, 0.2) is 0 Å². The number of aromatic nitrogens is 1. The number of carboxylic acids is 1. The van der Waals surface area contributed by atoms with Crippen LogP contribution in [0.2, 0.25) is 0 Å². The SMILES string of the molecule is O=C(O)C(=O)O[C@H](COc1cccc2[nH]ccc12)CN1CCC(O)(c2ccc(F)cc2)CC1. The maximum absolute atomic E-state index is 13.2. The lowest BCUT2D eigenvalue weighted by Crippen LogP contribution is -2.47. The first-order valence-corrected chi connectivity index (χ1v) is 10.7. The minimum atomic E-state index is -1.67. The number of ether oxygens (including phenoxy) is 2. The summed E-state index contributed by atoms with van der Waals surface area (Å²) in [5.41, 5.74) is 0.473. The Labute approximate surface area is 189 Å². The van der Waals surface area contributed by atoms with Crippen molar-refractivity contribution in [3.8, 4) is 5.75 Å². The molecule has 1 aromatic heterocycles. The number of esters is 1.